The first kappa shape index (κ1) is 23.7. The standard InChI is InChI=1S/C27H30N4O2S/c1-34-23-13-9-12-21(18-23)29-27(33)30-24-19-22(28-26(32)20-10-5-4-6-11-20)14-15-25(24)31-16-7-2-3-8-17-31/h4-6,9-15,18-19H,2-3,7-8,16-17H2,1H3,(H,28,32)(H2,29,30,33). The van der Waals surface area contributed by atoms with Gasteiger partial charge in [-0.25, -0.2) is 4.79 Å². The van der Waals surface area contributed by atoms with E-state index in [1.807, 2.05) is 66.9 Å². The summed E-state index contributed by atoms with van der Waals surface area (Å²) in [6.07, 6.45) is 6.69. The number of amides is 3. The third-order valence-electron chi connectivity index (χ3n) is 5.81. The van der Waals surface area contributed by atoms with Gasteiger partial charge in [0.1, 0.15) is 0 Å². The molecule has 34 heavy (non-hydrogen) atoms. The zero-order valence-electron chi connectivity index (χ0n) is 19.3. The van der Waals surface area contributed by atoms with Crippen LogP contribution in [0.4, 0.5) is 27.5 Å². The van der Waals surface area contributed by atoms with Crippen molar-refractivity contribution in [1.82, 2.24) is 0 Å². The molecule has 0 bridgehead atoms. The van der Waals surface area contributed by atoms with Crippen LogP contribution < -0.4 is 20.9 Å². The van der Waals surface area contributed by atoms with E-state index in [9.17, 15) is 9.59 Å². The Bertz CT molecular complexity index is 1130. The molecule has 0 aromatic heterocycles. The molecule has 0 radical (unpaired) electrons. The van der Waals surface area contributed by atoms with E-state index in [4.69, 9.17) is 0 Å². The van der Waals surface area contributed by atoms with Crippen LogP contribution in [0.1, 0.15) is 36.0 Å². The maximum Gasteiger partial charge on any atom is 0.323 e. The summed E-state index contributed by atoms with van der Waals surface area (Å²) in [5.41, 5.74) is 3.58. The maximum absolute atomic E-state index is 12.9. The number of rotatable bonds is 6. The summed E-state index contributed by atoms with van der Waals surface area (Å²) in [7, 11) is 0. The smallest absolute Gasteiger partial charge is 0.323 e. The van der Waals surface area contributed by atoms with E-state index in [1.54, 1.807) is 23.9 Å². The summed E-state index contributed by atoms with van der Waals surface area (Å²) in [6, 6.07) is 22.2. The van der Waals surface area contributed by atoms with Gasteiger partial charge in [-0.05, 0) is 67.6 Å². The van der Waals surface area contributed by atoms with Gasteiger partial charge >= 0.3 is 6.03 Å². The average molecular weight is 475 g/mol. The first-order chi connectivity index (χ1) is 16.6. The number of nitrogens with zero attached hydrogens (tertiary/aromatic N) is 1. The third kappa shape index (κ3) is 6.32. The normalized spacial score (nSPS) is 13.6. The molecule has 6 nitrogen and oxygen atoms in total. The van der Waals surface area contributed by atoms with E-state index in [1.165, 1.54) is 12.8 Å². The molecule has 7 heteroatoms. The van der Waals surface area contributed by atoms with E-state index >= 15 is 0 Å². The summed E-state index contributed by atoms with van der Waals surface area (Å²) in [5.74, 6) is -0.188. The topological polar surface area (TPSA) is 73.5 Å². The van der Waals surface area contributed by atoms with Crippen molar-refractivity contribution < 1.29 is 9.59 Å². The summed E-state index contributed by atoms with van der Waals surface area (Å²) in [6.45, 7) is 1.89. The molecule has 3 aromatic carbocycles. The van der Waals surface area contributed by atoms with E-state index < -0.39 is 0 Å². The molecule has 1 fully saturated rings. The minimum absolute atomic E-state index is 0.188. The highest BCUT2D eigenvalue weighted by molar-refractivity contribution is 7.98. The summed E-state index contributed by atoms with van der Waals surface area (Å²) in [4.78, 5) is 29.0. The Morgan fingerprint density at radius 3 is 2.24 bits per heavy atom. The number of thioether (sulfide) groups is 1. The minimum atomic E-state index is -0.319. The van der Waals surface area contributed by atoms with Crippen molar-refractivity contribution >= 4 is 46.4 Å². The molecule has 0 saturated carbocycles. The van der Waals surface area contributed by atoms with Crippen LogP contribution in [0.3, 0.4) is 0 Å². The van der Waals surface area contributed by atoms with Crippen LogP contribution in [-0.4, -0.2) is 31.3 Å². The Kier molecular flexibility index (Phi) is 8.09. The molecular formula is C27H30N4O2S. The molecule has 0 spiro atoms. The Hall–Kier alpha value is -3.45. The van der Waals surface area contributed by atoms with Gasteiger partial charge in [-0.3, -0.25) is 4.79 Å². The molecule has 176 valence electrons. The predicted octanol–water partition coefficient (Wildman–Crippen LogP) is 6.69. The van der Waals surface area contributed by atoms with Crippen LogP contribution in [0, 0.1) is 0 Å². The van der Waals surface area contributed by atoms with E-state index in [2.05, 4.69) is 20.9 Å². The second-order valence-electron chi connectivity index (χ2n) is 8.26. The van der Waals surface area contributed by atoms with E-state index in [0.717, 1.165) is 42.2 Å². The number of hydrogen-bond donors (Lipinski definition) is 3. The fraction of sp³-hybridized carbons (Fsp3) is 0.259. The van der Waals surface area contributed by atoms with Crippen LogP contribution in [0.5, 0.6) is 0 Å². The highest BCUT2D eigenvalue weighted by Crippen LogP contribution is 2.31. The molecule has 0 unspecified atom stereocenters. The predicted molar refractivity (Wildman–Crippen MR) is 142 cm³/mol. The van der Waals surface area contributed by atoms with Crippen LogP contribution in [0.15, 0.2) is 77.7 Å². The maximum atomic E-state index is 12.9. The minimum Gasteiger partial charge on any atom is -0.370 e. The molecule has 1 saturated heterocycles. The van der Waals surface area contributed by atoms with Crippen molar-refractivity contribution in [3.63, 3.8) is 0 Å². The Morgan fingerprint density at radius 2 is 1.50 bits per heavy atom. The molecule has 1 aliphatic rings. The molecular weight excluding hydrogens is 444 g/mol. The van der Waals surface area contributed by atoms with Crippen molar-refractivity contribution in [1.29, 1.82) is 0 Å². The largest absolute Gasteiger partial charge is 0.370 e. The van der Waals surface area contributed by atoms with Gasteiger partial charge in [-0.1, -0.05) is 37.1 Å². The highest BCUT2D eigenvalue weighted by Gasteiger charge is 2.17. The SMILES string of the molecule is CSc1cccc(NC(=O)Nc2cc(NC(=O)c3ccccc3)ccc2N2CCCCCC2)c1. The van der Waals surface area contributed by atoms with Crippen LogP contribution in [0.25, 0.3) is 0 Å². The quantitative estimate of drug-likeness (QED) is 0.348. The first-order valence-corrected chi connectivity index (χ1v) is 12.8. The summed E-state index contributed by atoms with van der Waals surface area (Å²) >= 11 is 1.62. The van der Waals surface area contributed by atoms with Crippen molar-refractivity contribution in [2.45, 2.75) is 30.6 Å². The zero-order chi connectivity index (χ0) is 23.8. The van der Waals surface area contributed by atoms with Gasteiger partial charge in [0, 0.05) is 34.9 Å². The molecule has 4 rings (SSSR count). The number of carbonyl (C=O) groups is 2. The zero-order valence-corrected chi connectivity index (χ0v) is 20.2. The fourth-order valence-electron chi connectivity index (χ4n) is 4.08. The molecule has 0 aliphatic carbocycles. The summed E-state index contributed by atoms with van der Waals surface area (Å²) < 4.78 is 0. The number of carbonyl (C=O) groups excluding carboxylic acids is 2. The second kappa shape index (κ2) is 11.6. The van der Waals surface area contributed by atoms with Crippen LogP contribution in [-0.2, 0) is 0 Å². The Balaban J connectivity index is 1.56. The average Bonchev–Trinajstić information content (AvgIpc) is 3.14. The molecule has 3 N–H and O–H groups in total. The van der Waals surface area contributed by atoms with Crippen molar-refractivity contribution in [3.05, 3.63) is 78.4 Å². The lowest BCUT2D eigenvalue weighted by Crippen LogP contribution is -2.27. The first-order valence-electron chi connectivity index (χ1n) is 11.6. The molecule has 1 heterocycles. The molecule has 3 aromatic rings. The van der Waals surface area contributed by atoms with Crippen molar-refractivity contribution in [2.75, 3.05) is 40.2 Å². The van der Waals surface area contributed by atoms with Gasteiger partial charge in [-0.2, -0.15) is 0 Å². The van der Waals surface area contributed by atoms with Gasteiger partial charge in [0.25, 0.3) is 5.91 Å². The van der Waals surface area contributed by atoms with Gasteiger partial charge in [0.05, 0.1) is 11.4 Å². The van der Waals surface area contributed by atoms with Gasteiger partial charge in [0.2, 0.25) is 0 Å². The van der Waals surface area contributed by atoms with E-state index in [-0.39, 0.29) is 11.9 Å². The highest BCUT2D eigenvalue weighted by atomic mass is 32.2. The number of hydrogen-bond acceptors (Lipinski definition) is 4. The second-order valence-corrected chi connectivity index (χ2v) is 9.14. The third-order valence-corrected chi connectivity index (χ3v) is 6.54. The fourth-order valence-corrected chi connectivity index (χ4v) is 4.54. The lowest BCUT2D eigenvalue weighted by molar-refractivity contribution is 0.102. The lowest BCUT2D eigenvalue weighted by atomic mass is 10.1. The number of benzene rings is 3. The Morgan fingerprint density at radius 1 is 0.765 bits per heavy atom. The molecule has 1 aliphatic heterocycles. The lowest BCUT2D eigenvalue weighted by Gasteiger charge is -2.26. The molecule has 0 atom stereocenters. The van der Waals surface area contributed by atoms with E-state index in [0.29, 0.717) is 16.9 Å². The Labute approximate surface area is 205 Å². The van der Waals surface area contributed by atoms with Gasteiger partial charge < -0.3 is 20.9 Å². The number of nitrogens with one attached hydrogen (secondary N) is 3. The molecule has 3 amide bonds. The van der Waals surface area contributed by atoms with Crippen molar-refractivity contribution in [3.8, 4) is 0 Å². The van der Waals surface area contributed by atoms with Gasteiger partial charge in [0.15, 0.2) is 0 Å². The van der Waals surface area contributed by atoms with Gasteiger partial charge in [-0.15, -0.1) is 11.8 Å². The number of urea groups is 1. The summed E-state index contributed by atoms with van der Waals surface area (Å²) in [5, 5.41) is 8.89. The number of anilines is 4. The van der Waals surface area contributed by atoms with Crippen molar-refractivity contribution in [2.24, 2.45) is 0 Å². The van der Waals surface area contributed by atoms with Crippen LogP contribution >= 0.6 is 11.8 Å². The van der Waals surface area contributed by atoms with Crippen LogP contribution in [0.2, 0.25) is 0 Å². The monoisotopic (exact) mass is 474 g/mol.